The minimum atomic E-state index is -0.578. The second-order valence-electron chi connectivity index (χ2n) is 8.72. The maximum atomic E-state index is 13.7. The summed E-state index contributed by atoms with van der Waals surface area (Å²) in [7, 11) is 1.56. The Morgan fingerprint density at radius 1 is 1.23 bits per heavy atom. The number of fused-ring (bicyclic) bond motifs is 2. The van der Waals surface area contributed by atoms with Crippen molar-refractivity contribution in [3.8, 4) is 11.8 Å². The number of hydrogen-bond donors (Lipinski definition) is 1. The minimum Gasteiger partial charge on any atom is -0.711 e. The van der Waals surface area contributed by atoms with Crippen molar-refractivity contribution in [1.82, 2.24) is 23.7 Å². The van der Waals surface area contributed by atoms with Crippen LogP contribution in [0.4, 0.5) is 5.95 Å². The summed E-state index contributed by atoms with van der Waals surface area (Å²) in [6.45, 7) is 3.03. The maximum Gasteiger partial charge on any atom is 0.333 e. The predicted octanol–water partition coefficient (Wildman–Crippen LogP) is 0.0774. The summed E-state index contributed by atoms with van der Waals surface area (Å²) in [6, 6.07) is 7.18. The molecule has 4 heterocycles. The number of hydrogen-bond acceptors (Lipinski definition) is 7. The van der Waals surface area contributed by atoms with Gasteiger partial charge in [-0.3, -0.25) is 13.9 Å². The Balaban J connectivity index is 1.70. The van der Waals surface area contributed by atoms with E-state index in [1.807, 2.05) is 17.0 Å². The first kappa shape index (κ1) is 22.6. The predicted molar refractivity (Wildman–Crippen MR) is 132 cm³/mol. The topological polar surface area (TPSA) is 131 Å². The summed E-state index contributed by atoms with van der Waals surface area (Å²) >= 11 is 0. The van der Waals surface area contributed by atoms with E-state index < -0.39 is 11.2 Å². The first-order valence-electron chi connectivity index (χ1n) is 11.5. The van der Waals surface area contributed by atoms with Crippen molar-refractivity contribution in [2.24, 2.45) is 12.8 Å². The molecule has 0 radical (unpaired) electrons. The first-order valence-corrected chi connectivity index (χ1v) is 11.5. The lowest BCUT2D eigenvalue weighted by molar-refractivity contribution is -0.616. The molecule has 0 bridgehead atoms. The lowest BCUT2D eigenvalue weighted by Crippen LogP contribution is -2.44. The highest BCUT2D eigenvalue weighted by molar-refractivity contribution is 5.76. The van der Waals surface area contributed by atoms with Gasteiger partial charge in [-0.2, -0.15) is 4.98 Å². The van der Waals surface area contributed by atoms with E-state index in [2.05, 4.69) is 21.8 Å². The molecule has 4 aromatic rings. The highest BCUT2D eigenvalue weighted by Gasteiger charge is 2.27. The molecule has 35 heavy (non-hydrogen) atoms. The molecule has 3 aromatic heterocycles. The molecule has 1 fully saturated rings. The monoisotopic (exact) mass is 474 g/mol. The summed E-state index contributed by atoms with van der Waals surface area (Å²) in [5.41, 5.74) is 6.19. The number of aromatic nitrogens is 6. The molecular weight excluding hydrogens is 448 g/mol. The Bertz CT molecular complexity index is 1620. The van der Waals surface area contributed by atoms with E-state index in [1.54, 1.807) is 30.7 Å². The number of rotatable bonds is 4. The van der Waals surface area contributed by atoms with Crippen LogP contribution >= 0.6 is 0 Å². The number of imidazole rings is 1. The van der Waals surface area contributed by atoms with Gasteiger partial charge in [0, 0.05) is 26.2 Å². The van der Waals surface area contributed by atoms with E-state index in [0.717, 1.165) is 24.0 Å². The molecule has 1 saturated heterocycles. The van der Waals surface area contributed by atoms with E-state index in [-0.39, 0.29) is 36.1 Å². The van der Waals surface area contributed by atoms with Crippen LogP contribution in [-0.4, -0.2) is 42.8 Å². The lowest BCUT2D eigenvalue weighted by atomic mass is 10.1. The molecular formula is C24H26N8O3. The fraction of sp³-hybridized carbons (Fsp3) is 0.375. The van der Waals surface area contributed by atoms with Gasteiger partial charge in [0.2, 0.25) is 5.95 Å². The zero-order valence-corrected chi connectivity index (χ0v) is 19.6. The second-order valence-corrected chi connectivity index (χ2v) is 8.72. The van der Waals surface area contributed by atoms with Gasteiger partial charge in [-0.25, -0.2) is 14.1 Å². The van der Waals surface area contributed by atoms with E-state index in [4.69, 9.17) is 5.73 Å². The fourth-order valence-electron chi connectivity index (χ4n) is 4.57. The van der Waals surface area contributed by atoms with Crippen LogP contribution in [0.25, 0.3) is 22.1 Å². The van der Waals surface area contributed by atoms with Crippen molar-refractivity contribution in [2.75, 3.05) is 18.0 Å². The van der Waals surface area contributed by atoms with Crippen LogP contribution in [-0.2, 0) is 20.1 Å². The van der Waals surface area contributed by atoms with Gasteiger partial charge < -0.3 is 15.8 Å². The largest absolute Gasteiger partial charge is 0.711 e. The molecule has 1 atom stereocenters. The fourth-order valence-corrected chi connectivity index (χ4v) is 4.57. The number of para-hydroxylation sites is 1. The van der Waals surface area contributed by atoms with E-state index in [9.17, 15) is 14.8 Å². The van der Waals surface area contributed by atoms with Crippen molar-refractivity contribution in [3.63, 3.8) is 0 Å². The van der Waals surface area contributed by atoms with Gasteiger partial charge >= 0.3 is 11.5 Å². The van der Waals surface area contributed by atoms with Gasteiger partial charge in [-0.1, -0.05) is 18.1 Å². The van der Waals surface area contributed by atoms with Crippen LogP contribution in [0, 0.1) is 17.0 Å². The third kappa shape index (κ3) is 3.91. The summed E-state index contributed by atoms with van der Waals surface area (Å²) in [5.74, 6) is 6.47. The molecule has 5 rings (SSSR count). The summed E-state index contributed by atoms with van der Waals surface area (Å²) < 4.78 is 4.69. The smallest absolute Gasteiger partial charge is 0.333 e. The highest BCUT2D eigenvalue weighted by Crippen LogP contribution is 2.22. The molecule has 0 unspecified atom stereocenters. The summed E-state index contributed by atoms with van der Waals surface area (Å²) in [4.78, 5) is 38.0. The standard InChI is InChI=1S/C24H26N8O3/c1-3-4-12-30-20-21(27-23(30)29-11-7-9-17(25)14-29)28(2)24(34)31(22(20)33)15-19-26-18-10-6-5-8-16(18)13-32(19)35/h5-6,8,10,13,17H,7,9,11-12,14-15,25H2,1-2H3/t17-/m1/s1. The number of nitrogens with zero attached hydrogens (tertiary/aromatic N) is 7. The van der Waals surface area contributed by atoms with Crippen molar-refractivity contribution in [2.45, 2.75) is 38.9 Å². The molecule has 1 aliphatic heterocycles. The van der Waals surface area contributed by atoms with E-state index in [0.29, 0.717) is 28.1 Å². The van der Waals surface area contributed by atoms with Crippen molar-refractivity contribution < 1.29 is 4.73 Å². The molecule has 0 saturated carbocycles. The number of aryl methyl sites for hydroxylation is 1. The maximum absolute atomic E-state index is 13.7. The minimum absolute atomic E-state index is 0.00114. The van der Waals surface area contributed by atoms with Gasteiger partial charge in [-0.05, 0) is 36.9 Å². The van der Waals surface area contributed by atoms with E-state index in [1.165, 1.54) is 10.8 Å². The molecule has 0 amide bonds. The quantitative estimate of drug-likeness (QED) is 0.252. The van der Waals surface area contributed by atoms with Crippen LogP contribution in [0.2, 0.25) is 0 Å². The molecule has 0 spiro atoms. The Morgan fingerprint density at radius 2 is 2.03 bits per heavy atom. The second kappa shape index (κ2) is 8.88. The van der Waals surface area contributed by atoms with Crippen LogP contribution in [0.15, 0.2) is 40.1 Å². The zero-order valence-electron chi connectivity index (χ0n) is 19.6. The number of benzene rings is 1. The van der Waals surface area contributed by atoms with Gasteiger partial charge in [-0.15, -0.1) is 5.92 Å². The number of anilines is 1. The highest BCUT2D eigenvalue weighted by atomic mass is 16.5. The van der Waals surface area contributed by atoms with Crippen LogP contribution in [0.1, 0.15) is 25.6 Å². The molecule has 2 N–H and O–H groups in total. The third-order valence-corrected chi connectivity index (χ3v) is 6.36. The molecule has 11 heteroatoms. The average Bonchev–Trinajstić information content (AvgIpc) is 3.24. The Morgan fingerprint density at radius 3 is 2.80 bits per heavy atom. The van der Waals surface area contributed by atoms with Crippen molar-refractivity contribution >= 4 is 28.0 Å². The van der Waals surface area contributed by atoms with Gasteiger partial charge in [0.15, 0.2) is 16.7 Å². The first-order chi connectivity index (χ1) is 16.9. The molecule has 0 aliphatic carbocycles. The lowest BCUT2D eigenvalue weighted by Gasteiger charge is -2.31. The van der Waals surface area contributed by atoms with Gasteiger partial charge in [0.05, 0.1) is 11.9 Å². The number of nitrogens with two attached hydrogens (primary N) is 1. The van der Waals surface area contributed by atoms with Gasteiger partial charge in [0.1, 0.15) is 12.7 Å². The molecule has 11 nitrogen and oxygen atoms in total. The van der Waals surface area contributed by atoms with Crippen molar-refractivity contribution in [3.05, 3.63) is 62.3 Å². The zero-order chi connectivity index (χ0) is 24.7. The Labute approximate surface area is 200 Å². The Hall–Kier alpha value is -4.17. The van der Waals surface area contributed by atoms with Crippen LogP contribution in [0.5, 0.6) is 0 Å². The summed E-state index contributed by atoms with van der Waals surface area (Å²) in [5, 5.41) is 13.3. The number of piperidine rings is 1. The van der Waals surface area contributed by atoms with Crippen LogP contribution in [0.3, 0.4) is 0 Å². The van der Waals surface area contributed by atoms with Crippen LogP contribution < -0.4 is 26.6 Å². The Kier molecular flexibility index (Phi) is 5.74. The van der Waals surface area contributed by atoms with Gasteiger partial charge in [0.25, 0.3) is 5.56 Å². The normalized spacial score (nSPS) is 16.0. The molecule has 1 aromatic carbocycles. The van der Waals surface area contributed by atoms with E-state index >= 15 is 0 Å². The molecule has 180 valence electrons. The summed E-state index contributed by atoms with van der Waals surface area (Å²) in [6.07, 6.45) is 3.22. The average molecular weight is 475 g/mol. The SMILES string of the molecule is CC#CCn1c(N2CCC[C@@H](N)C2)nc2c1c(=O)n(Cc1nc3ccccc3c[n+]1[O-])c(=O)n2C. The molecule has 1 aliphatic rings. The van der Waals surface area contributed by atoms with Crippen molar-refractivity contribution in [1.29, 1.82) is 0 Å². The third-order valence-electron chi connectivity index (χ3n) is 6.36.